The number of guanidine groups is 1. The molecule has 2 N–H and O–H groups in total. The average Bonchev–Trinajstić information content (AvgIpc) is 3.42. The van der Waals surface area contributed by atoms with E-state index in [1.54, 1.807) is 4.90 Å². The van der Waals surface area contributed by atoms with Gasteiger partial charge in [-0.05, 0) is 60.6 Å². The second-order valence-corrected chi connectivity index (χ2v) is 7.09. The highest BCUT2D eigenvalue weighted by Gasteiger charge is 2.57. The van der Waals surface area contributed by atoms with E-state index in [0.717, 1.165) is 29.5 Å². The molecule has 2 aromatic rings. The zero-order valence-corrected chi connectivity index (χ0v) is 14.8. The highest BCUT2D eigenvalue weighted by Crippen LogP contribution is 2.51. The molecule has 1 saturated carbocycles. The number of amides is 1. The summed E-state index contributed by atoms with van der Waals surface area (Å²) in [7, 11) is 0. The van der Waals surface area contributed by atoms with Gasteiger partial charge in [-0.15, -0.1) is 0 Å². The van der Waals surface area contributed by atoms with Crippen molar-refractivity contribution in [2.75, 3.05) is 6.54 Å². The molecular weight excluding hydrogens is 334 g/mol. The molecule has 0 saturated heterocycles. The van der Waals surface area contributed by atoms with Crippen molar-refractivity contribution < 1.29 is 4.79 Å². The van der Waals surface area contributed by atoms with Gasteiger partial charge in [-0.25, -0.2) is 4.99 Å². The third-order valence-corrected chi connectivity index (χ3v) is 5.32. The Kier molecular flexibility index (Phi) is 3.80. The van der Waals surface area contributed by atoms with E-state index in [9.17, 15) is 4.79 Å². The van der Waals surface area contributed by atoms with Crippen LogP contribution in [0.2, 0.25) is 5.02 Å². The minimum absolute atomic E-state index is 0.00163. The maximum atomic E-state index is 13.2. The largest absolute Gasteiger partial charge is 0.369 e. The van der Waals surface area contributed by atoms with Crippen molar-refractivity contribution in [1.29, 1.82) is 0 Å². The van der Waals surface area contributed by atoms with Crippen LogP contribution in [0.5, 0.6) is 0 Å². The van der Waals surface area contributed by atoms with E-state index in [1.807, 2.05) is 49.4 Å². The van der Waals surface area contributed by atoms with Gasteiger partial charge in [0.05, 0.1) is 0 Å². The first-order valence-corrected chi connectivity index (χ1v) is 8.98. The predicted octanol–water partition coefficient (Wildman–Crippen LogP) is 3.79. The molecule has 1 heterocycles. The molecule has 1 aliphatic heterocycles. The highest BCUT2D eigenvalue weighted by molar-refractivity contribution is 6.30. The number of carbonyl (C=O) groups excluding carboxylic acids is 1. The van der Waals surface area contributed by atoms with E-state index in [2.05, 4.69) is 11.1 Å². The van der Waals surface area contributed by atoms with Crippen LogP contribution in [0.1, 0.15) is 25.3 Å². The summed E-state index contributed by atoms with van der Waals surface area (Å²) in [6.45, 7) is 2.46. The standard InChI is InChI=1S/C20H20ClN3O/c1-2-24-18(25)20(15-9-10-15,23-19(24)22)16-7-3-5-13(11-16)14-6-4-8-17(21)12-14/h3-8,11-12,15H,2,9-10H2,1H3,(H2,22,23). The van der Waals surface area contributed by atoms with Crippen molar-refractivity contribution in [2.24, 2.45) is 16.6 Å². The highest BCUT2D eigenvalue weighted by atomic mass is 35.5. The Morgan fingerprint density at radius 2 is 1.88 bits per heavy atom. The average molecular weight is 354 g/mol. The van der Waals surface area contributed by atoms with E-state index >= 15 is 0 Å². The van der Waals surface area contributed by atoms with Crippen molar-refractivity contribution in [3.05, 3.63) is 59.1 Å². The fourth-order valence-corrected chi connectivity index (χ4v) is 3.89. The molecule has 2 aliphatic rings. The van der Waals surface area contributed by atoms with Crippen molar-refractivity contribution in [3.8, 4) is 11.1 Å². The summed E-state index contributed by atoms with van der Waals surface area (Å²) in [6, 6.07) is 15.8. The molecule has 0 radical (unpaired) electrons. The molecule has 2 aromatic carbocycles. The number of benzene rings is 2. The number of aliphatic imine (C=N–C) groups is 1. The number of carbonyl (C=O) groups is 1. The molecule has 1 amide bonds. The lowest BCUT2D eigenvalue weighted by Crippen LogP contribution is -2.43. The van der Waals surface area contributed by atoms with E-state index in [0.29, 0.717) is 17.5 Å². The molecule has 5 heteroatoms. The predicted molar refractivity (Wildman–Crippen MR) is 100 cm³/mol. The number of rotatable bonds is 4. The number of hydrogen-bond donors (Lipinski definition) is 1. The summed E-state index contributed by atoms with van der Waals surface area (Å²) >= 11 is 6.13. The first-order valence-electron chi connectivity index (χ1n) is 8.60. The van der Waals surface area contributed by atoms with Crippen LogP contribution in [-0.4, -0.2) is 23.3 Å². The van der Waals surface area contributed by atoms with Crippen molar-refractivity contribution >= 4 is 23.5 Å². The van der Waals surface area contributed by atoms with E-state index in [4.69, 9.17) is 17.3 Å². The minimum Gasteiger partial charge on any atom is -0.369 e. The monoisotopic (exact) mass is 353 g/mol. The molecule has 25 heavy (non-hydrogen) atoms. The van der Waals surface area contributed by atoms with Gasteiger partial charge in [0.15, 0.2) is 11.5 Å². The Morgan fingerprint density at radius 1 is 1.20 bits per heavy atom. The van der Waals surface area contributed by atoms with Gasteiger partial charge in [0.1, 0.15) is 0 Å². The second kappa shape index (κ2) is 5.88. The lowest BCUT2D eigenvalue weighted by molar-refractivity contribution is -0.132. The zero-order valence-electron chi connectivity index (χ0n) is 14.1. The van der Waals surface area contributed by atoms with Gasteiger partial charge >= 0.3 is 0 Å². The van der Waals surface area contributed by atoms with Gasteiger partial charge in [0.25, 0.3) is 5.91 Å². The molecule has 4 rings (SSSR count). The number of halogens is 1. The topological polar surface area (TPSA) is 58.7 Å². The summed E-state index contributed by atoms with van der Waals surface area (Å²) in [6.07, 6.45) is 2.00. The van der Waals surface area contributed by atoms with Crippen LogP contribution in [0.4, 0.5) is 0 Å². The van der Waals surface area contributed by atoms with Crippen molar-refractivity contribution in [1.82, 2.24) is 4.90 Å². The molecule has 4 nitrogen and oxygen atoms in total. The van der Waals surface area contributed by atoms with Gasteiger partial charge in [-0.3, -0.25) is 9.69 Å². The SMILES string of the molecule is CCN1C(=O)C(c2cccc(-c3cccc(Cl)c3)c2)(C2CC2)N=C1N. The van der Waals surface area contributed by atoms with Crippen LogP contribution in [-0.2, 0) is 10.3 Å². The zero-order chi connectivity index (χ0) is 17.6. The first kappa shape index (κ1) is 16.2. The maximum absolute atomic E-state index is 13.2. The molecule has 128 valence electrons. The van der Waals surface area contributed by atoms with Gasteiger partial charge in [0, 0.05) is 11.6 Å². The van der Waals surface area contributed by atoms with Gasteiger partial charge in [-0.2, -0.15) is 0 Å². The Balaban J connectivity index is 1.83. The smallest absolute Gasteiger partial charge is 0.262 e. The third-order valence-electron chi connectivity index (χ3n) is 5.08. The van der Waals surface area contributed by atoms with Crippen LogP contribution in [0.15, 0.2) is 53.5 Å². The number of nitrogens with zero attached hydrogens (tertiary/aromatic N) is 2. The van der Waals surface area contributed by atoms with Gasteiger partial charge < -0.3 is 5.73 Å². The van der Waals surface area contributed by atoms with Crippen LogP contribution in [0.25, 0.3) is 11.1 Å². The Morgan fingerprint density at radius 3 is 2.48 bits per heavy atom. The van der Waals surface area contributed by atoms with Crippen LogP contribution >= 0.6 is 11.6 Å². The van der Waals surface area contributed by atoms with Crippen LogP contribution < -0.4 is 5.73 Å². The Hall–Kier alpha value is -2.33. The molecule has 1 unspecified atom stereocenters. The summed E-state index contributed by atoms with van der Waals surface area (Å²) in [5.41, 5.74) is 8.16. The van der Waals surface area contributed by atoms with E-state index in [1.165, 1.54) is 0 Å². The normalized spacial score (nSPS) is 23.0. The fraction of sp³-hybridized carbons (Fsp3) is 0.300. The van der Waals surface area contributed by atoms with E-state index < -0.39 is 5.54 Å². The lowest BCUT2D eigenvalue weighted by atomic mass is 9.83. The summed E-state index contributed by atoms with van der Waals surface area (Å²) in [4.78, 5) is 19.4. The molecule has 0 aromatic heterocycles. The Bertz CT molecular complexity index is 875. The summed E-state index contributed by atoms with van der Waals surface area (Å²) in [5.74, 6) is 0.551. The molecule has 1 atom stereocenters. The van der Waals surface area contributed by atoms with Crippen LogP contribution in [0, 0.1) is 5.92 Å². The summed E-state index contributed by atoms with van der Waals surface area (Å²) in [5, 5.41) is 0.691. The fourth-order valence-electron chi connectivity index (χ4n) is 3.70. The van der Waals surface area contributed by atoms with Gasteiger partial charge in [0.2, 0.25) is 0 Å². The maximum Gasteiger partial charge on any atom is 0.262 e. The molecule has 1 aliphatic carbocycles. The van der Waals surface area contributed by atoms with Crippen molar-refractivity contribution in [2.45, 2.75) is 25.3 Å². The van der Waals surface area contributed by atoms with Crippen molar-refractivity contribution in [3.63, 3.8) is 0 Å². The van der Waals surface area contributed by atoms with Crippen LogP contribution in [0.3, 0.4) is 0 Å². The second-order valence-electron chi connectivity index (χ2n) is 6.65. The molecule has 0 spiro atoms. The molecular formula is C20H20ClN3O. The molecule has 1 fully saturated rings. The Labute approximate surface area is 152 Å². The number of likely N-dealkylation sites (N-methyl/N-ethyl adjacent to an activating group) is 1. The number of hydrogen-bond acceptors (Lipinski definition) is 3. The third kappa shape index (κ3) is 2.52. The minimum atomic E-state index is -0.866. The van der Waals surface area contributed by atoms with E-state index in [-0.39, 0.29) is 11.8 Å². The van der Waals surface area contributed by atoms with Gasteiger partial charge in [-0.1, -0.05) is 41.9 Å². The first-order chi connectivity index (χ1) is 12.1. The summed E-state index contributed by atoms with van der Waals surface area (Å²) < 4.78 is 0. The number of nitrogens with two attached hydrogens (primary N) is 1. The molecule has 0 bridgehead atoms. The lowest BCUT2D eigenvalue weighted by Gasteiger charge is -2.26. The quantitative estimate of drug-likeness (QED) is 0.909.